The number of carbonyl (C=O) groups excluding carboxylic acids is 1. The average Bonchev–Trinajstić information content (AvgIpc) is 2.80. The van der Waals surface area contributed by atoms with Crippen LogP contribution < -0.4 is 21.7 Å². The lowest BCUT2D eigenvalue weighted by molar-refractivity contribution is -0.136. The Kier molecular flexibility index (Phi) is 9.29. The molecule has 0 aliphatic heterocycles. The normalized spacial score (nSPS) is 18.4. The number of halogens is 4. The van der Waals surface area contributed by atoms with E-state index in [1.165, 1.54) is 6.07 Å². The van der Waals surface area contributed by atoms with Gasteiger partial charge >= 0.3 is 6.18 Å². The molecule has 0 saturated heterocycles. The number of nitrogens with two attached hydrogens (primary N) is 1. The van der Waals surface area contributed by atoms with Crippen LogP contribution in [-0.4, -0.2) is 37.7 Å². The zero-order valence-electron chi connectivity index (χ0n) is 18.8. The highest BCUT2D eigenvalue weighted by Crippen LogP contribution is 2.35. The van der Waals surface area contributed by atoms with E-state index in [-0.39, 0.29) is 30.3 Å². The maximum absolute atomic E-state index is 13.0. The van der Waals surface area contributed by atoms with E-state index in [1.54, 1.807) is 6.07 Å². The van der Waals surface area contributed by atoms with Crippen LogP contribution in [0.25, 0.3) is 0 Å². The summed E-state index contributed by atoms with van der Waals surface area (Å²) in [6.45, 7) is 1.26. The van der Waals surface area contributed by atoms with E-state index in [0.717, 1.165) is 50.4 Å². The van der Waals surface area contributed by atoms with Crippen molar-refractivity contribution in [1.82, 2.24) is 5.32 Å². The Labute approximate surface area is 202 Å². The average molecular weight is 499 g/mol. The highest BCUT2D eigenvalue weighted by molar-refractivity contribution is 6.30. The maximum atomic E-state index is 13.0. The van der Waals surface area contributed by atoms with E-state index in [0.29, 0.717) is 17.3 Å². The lowest BCUT2D eigenvalue weighted by Crippen LogP contribution is -2.34. The summed E-state index contributed by atoms with van der Waals surface area (Å²) in [6, 6.07) is 11.3. The number of benzene rings is 2. The van der Waals surface area contributed by atoms with Crippen LogP contribution in [0.2, 0.25) is 5.02 Å². The minimum Gasteiger partial charge on any atom is -0.398 e. The SMILES string of the molecule is Nc1ccc(NC2CCC(OCC(=O)NCCCNc3ccc(Cl)cc3)CC2)cc1C(F)(F)F. The molecule has 0 unspecified atom stereocenters. The van der Waals surface area contributed by atoms with Gasteiger partial charge in [-0.05, 0) is 74.6 Å². The van der Waals surface area contributed by atoms with Crippen LogP contribution >= 0.6 is 11.6 Å². The molecule has 2 aromatic carbocycles. The van der Waals surface area contributed by atoms with Crippen molar-refractivity contribution in [3.05, 3.63) is 53.1 Å². The quantitative estimate of drug-likeness (QED) is 0.264. The molecular weight excluding hydrogens is 469 g/mol. The first-order chi connectivity index (χ1) is 16.2. The summed E-state index contributed by atoms with van der Waals surface area (Å²) in [5.74, 6) is -0.159. The number of hydrogen-bond acceptors (Lipinski definition) is 5. The minimum atomic E-state index is -4.49. The fraction of sp³-hybridized carbons (Fsp3) is 0.458. The topological polar surface area (TPSA) is 88.4 Å². The highest BCUT2D eigenvalue weighted by Gasteiger charge is 2.33. The third-order valence-electron chi connectivity index (χ3n) is 5.70. The van der Waals surface area contributed by atoms with Gasteiger partial charge in [-0.15, -0.1) is 0 Å². The number of nitrogens with one attached hydrogen (secondary N) is 3. The molecule has 186 valence electrons. The standard InChI is InChI=1S/C24H30ClF3N4O2/c25-16-2-4-17(5-3-16)30-12-1-13-31-23(33)15-34-20-9-6-18(7-10-20)32-19-8-11-22(29)21(14-19)24(26,27)28/h2-5,8,11,14,18,20,30,32H,1,6-7,9-10,12-13,15,29H2,(H,31,33). The van der Waals surface area contributed by atoms with E-state index in [4.69, 9.17) is 22.1 Å². The van der Waals surface area contributed by atoms with Crippen LogP contribution in [0.15, 0.2) is 42.5 Å². The fourth-order valence-electron chi connectivity index (χ4n) is 3.86. The van der Waals surface area contributed by atoms with Crippen LogP contribution in [0, 0.1) is 0 Å². The molecule has 10 heteroatoms. The van der Waals surface area contributed by atoms with Crippen LogP contribution in [0.4, 0.5) is 30.2 Å². The molecule has 1 amide bonds. The summed E-state index contributed by atoms with van der Waals surface area (Å²) in [4.78, 5) is 12.0. The molecule has 0 radical (unpaired) electrons. The van der Waals surface area contributed by atoms with Gasteiger partial charge in [0.1, 0.15) is 6.61 Å². The van der Waals surface area contributed by atoms with Gasteiger partial charge in [-0.3, -0.25) is 4.79 Å². The van der Waals surface area contributed by atoms with Gasteiger partial charge in [0, 0.05) is 41.2 Å². The number of alkyl halides is 3. The number of nitrogen functional groups attached to an aromatic ring is 1. The molecule has 1 saturated carbocycles. The predicted molar refractivity (Wildman–Crippen MR) is 129 cm³/mol. The Bertz CT molecular complexity index is 933. The number of amides is 1. The summed E-state index contributed by atoms with van der Waals surface area (Å²) in [5, 5.41) is 9.94. The van der Waals surface area contributed by atoms with E-state index < -0.39 is 11.7 Å². The van der Waals surface area contributed by atoms with Crippen molar-refractivity contribution >= 4 is 34.6 Å². The first-order valence-electron chi connectivity index (χ1n) is 11.3. The summed E-state index contributed by atoms with van der Waals surface area (Å²) in [5.41, 5.74) is 5.71. The molecule has 1 fully saturated rings. The molecule has 0 atom stereocenters. The zero-order chi connectivity index (χ0) is 24.6. The molecule has 1 aliphatic rings. The Hall–Kier alpha value is -2.65. The number of hydrogen-bond donors (Lipinski definition) is 4. The van der Waals surface area contributed by atoms with Crippen molar-refractivity contribution in [1.29, 1.82) is 0 Å². The first-order valence-corrected chi connectivity index (χ1v) is 11.7. The van der Waals surface area contributed by atoms with Gasteiger partial charge in [-0.25, -0.2) is 0 Å². The second-order valence-electron chi connectivity index (χ2n) is 8.37. The number of rotatable bonds is 10. The lowest BCUT2D eigenvalue weighted by atomic mass is 9.92. The van der Waals surface area contributed by atoms with Gasteiger partial charge in [0.2, 0.25) is 5.91 Å². The molecule has 0 bridgehead atoms. The van der Waals surface area contributed by atoms with Crippen LogP contribution in [0.3, 0.4) is 0 Å². The van der Waals surface area contributed by atoms with Gasteiger partial charge in [0.15, 0.2) is 0 Å². The second kappa shape index (κ2) is 12.2. The molecule has 1 aliphatic carbocycles. The minimum absolute atomic E-state index is 0.000277. The summed E-state index contributed by atoms with van der Waals surface area (Å²) in [7, 11) is 0. The maximum Gasteiger partial charge on any atom is 0.418 e. The van der Waals surface area contributed by atoms with Gasteiger partial charge in [0.25, 0.3) is 0 Å². The summed E-state index contributed by atoms with van der Waals surface area (Å²) in [6.07, 6.45) is -0.794. The van der Waals surface area contributed by atoms with E-state index >= 15 is 0 Å². The Balaban J connectivity index is 1.29. The van der Waals surface area contributed by atoms with Gasteiger partial charge in [-0.1, -0.05) is 11.6 Å². The van der Waals surface area contributed by atoms with Crippen molar-refractivity contribution in [2.24, 2.45) is 0 Å². The molecule has 3 rings (SSSR count). The number of anilines is 3. The molecule has 0 spiro atoms. The second-order valence-corrected chi connectivity index (χ2v) is 8.80. The van der Waals surface area contributed by atoms with E-state index in [9.17, 15) is 18.0 Å². The summed E-state index contributed by atoms with van der Waals surface area (Å²) >= 11 is 5.85. The highest BCUT2D eigenvalue weighted by atomic mass is 35.5. The molecule has 5 N–H and O–H groups in total. The third-order valence-corrected chi connectivity index (χ3v) is 5.95. The van der Waals surface area contributed by atoms with Gasteiger partial charge < -0.3 is 26.4 Å². The molecule has 6 nitrogen and oxygen atoms in total. The van der Waals surface area contributed by atoms with Crippen molar-refractivity contribution in [3.8, 4) is 0 Å². The number of ether oxygens (including phenoxy) is 1. The zero-order valence-corrected chi connectivity index (χ0v) is 19.5. The third kappa shape index (κ3) is 8.29. The van der Waals surface area contributed by atoms with Crippen LogP contribution in [0.1, 0.15) is 37.7 Å². The summed E-state index contributed by atoms with van der Waals surface area (Å²) < 4.78 is 44.9. The first kappa shape index (κ1) is 26.0. The van der Waals surface area contributed by atoms with E-state index in [1.807, 2.05) is 24.3 Å². The predicted octanol–water partition coefficient (Wildman–Crippen LogP) is 5.30. The molecule has 0 heterocycles. The van der Waals surface area contributed by atoms with Crippen molar-refractivity contribution in [3.63, 3.8) is 0 Å². The number of carbonyl (C=O) groups is 1. The largest absolute Gasteiger partial charge is 0.418 e. The molecule has 0 aromatic heterocycles. The smallest absolute Gasteiger partial charge is 0.398 e. The Morgan fingerprint density at radius 2 is 1.71 bits per heavy atom. The Morgan fingerprint density at radius 1 is 1.03 bits per heavy atom. The molecular formula is C24H30ClF3N4O2. The molecule has 2 aromatic rings. The van der Waals surface area contributed by atoms with Crippen molar-refractivity contribution in [2.45, 2.75) is 50.4 Å². The fourth-order valence-corrected chi connectivity index (χ4v) is 3.99. The van der Waals surface area contributed by atoms with Crippen LogP contribution in [0.5, 0.6) is 0 Å². The van der Waals surface area contributed by atoms with Gasteiger partial charge in [0.05, 0.1) is 11.7 Å². The lowest BCUT2D eigenvalue weighted by Gasteiger charge is -2.30. The van der Waals surface area contributed by atoms with Gasteiger partial charge in [-0.2, -0.15) is 13.2 Å². The molecule has 34 heavy (non-hydrogen) atoms. The van der Waals surface area contributed by atoms with Crippen molar-refractivity contribution in [2.75, 3.05) is 36.1 Å². The monoisotopic (exact) mass is 498 g/mol. The van der Waals surface area contributed by atoms with Crippen LogP contribution in [-0.2, 0) is 15.7 Å². The van der Waals surface area contributed by atoms with Crippen molar-refractivity contribution < 1.29 is 22.7 Å². The Morgan fingerprint density at radius 3 is 2.38 bits per heavy atom. The van der Waals surface area contributed by atoms with E-state index in [2.05, 4.69) is 16.0 Å².